The highest BCUT2D eigenvalue weighted by molar-refractivity contribution is 5.31. The Kier molecular flexibility index (Phi) is 5.37. The van der Waals surface area contributed by atoms with Gasteiger partial charge in [0.25, 0.3) is 0 Å². The quantitative estimate of drug-likeness (QED) is 0.852. The van der Waals surface area contributed by atoms with Gasteiger partial charge < -0.3 is 15.3 Å². The third-order valence-electron chi connectivity index (χ3n) is 3.95. The highest BCUT2D eigenvalue weighted by Crippen LogP contribution is 2.22. The minimum Gasteiger partial charge on any atom is -0.388 e. The Morgan fingerprint density at radius 3 is 2.68 bits per heavy atom. The maximum atomic E-state index is 10.3. The number of aliphatic hydroxyl groups excluding tert-OH is 1. The van der Waals surface area contributed by atoms with Gasteiger partial charge in [0.1, 0.15) is 0 Å². The topological polar surface area (TPSA) is 35.5 Å². The van der Waals surface area contributed by atoms with Crippen LogP contribution in [0.2, 0.25) is 0 Å². The van der Waals surface area contributed by atoms with Gasteiger partial charge >= 0.3 is 0 Å². The summed E-state index contributed by atoms with van der Waals surface area (Å²) in [5.74, 6) is 0. The van der Waals surface area contributed by atoms with E-state index in [-0.39, 0.29) is 6.10 Å². The molecular weight excluding hydrogens is 236 g/mol. The lowest BCUT2D eigenvalue weighted by atomic mass is 9.98. The van der Waals surface area contributed by atoms with Gasteiger partial charge in [0.05, 0.1) is 6.10 Å². The molecule has 0 spiro atoms. The smallest absolute Gasteiger partial charge is 0.0793 e. The van der Waals surface area contributed by atoms with Crippen molar-refractivity contribution in [3.63, 3.8) is 0 Å². The molecule has 1 aromatic rings. The van der Waals surface area contributed by atoms with E-state index in [0.29, 0.717) is 0 Å². The predicted octanol–water partition coefficient (Wildman–Crippen LogP) is 2.02. The Morgan fingerprint density at radius 1 is 1.26 bits per heavy atom. The van der Waals surface area contributed by atoms with Crippen LogP contribution in [0.5, 0.6) is 0 Å². The van der Waals surface area contributed by atoms with Crippen LogP contribution in [0.15, 0.2) is 18.2 Å². The summed E-state index contributed by atoms with van der Waals surface area (Å²) in [4.78, 5) is 2.48. The standard InChI is InChI=1S/C16H26N2O/c1-13-5-6-15(14(2)12-13)16(19)4-3-9-18-10-7-17-8-11-18/h5-6,12,16-17,19H,3-4,7-11H2,1-2H3. The first-order valence-corrected chi connectivity index (χ1v) is 7.35. The SMILES string of the molecule is Cc1ccc(C(O)CCCN2CCNCC2)c(C)c1. The molecule has 1 aliphatic rings. The minimum absolute atomic E-state index is 0.316. The van der Waals surface area contributed by atoms with Crippen molar-refractivity contribution >= 4 is 0 Å². The van der Waals surface area contributed by atoms with Crippen LogP contribution in [-0.4, -0.2) is 42.7 Å². The number of nitrogens with one attached hydrogen (secondary N) is 1. The molecule has 0 amide bonds. The van der Waals surface area contributed by atoms with Crippen LogP contribution in [-0.2, 0) is 0 Å². The maximum absolute atomic E-state index is 10.3. The summed E-state index contributed by atoms with van der Waals surface area (Å²) in [6.45, 7) is 9.75. The van der Waals surface area contributed by atoms with Crippen LogP contribution >= 0.6 is 0 Å². The highest BCUT2D eigenvalue weighted by atomic mass is 16.3. The van der Waals surface area contributed by atoms with Gasteiger partial charge in [0.2, 0.25) is 0 Å². The van der Waals surface area contributed by atoms with E-state index >= 15 is 0 Å². The zero-order valence-corrected chi connectivity index (χ0v) is 12.2. The molecule has 0 radical (unpaired) electrons. The Morgan fingerprint density at radius 2 is 2.00 bits per heavy atom. The van der Waals surface area contributed by atoms with Crippen molar-refractivity contribution in [2.45, 2.75) is 32.8 Å². The van der Waals surface area contributed by atoms with Crippen LogP contribution in [0.1, 0.15) is 35.6 Å². The number of aliphatic hydroxyl groups is 1. The number of nitrogens with zero attached hydrogens (tertiary/aromatic N) is 1. The van der Waals surface area contributed by atoms with Crippen molar-refractivity contribution in [3.05, 3.63) is 34.9 Å². The van der Waals surface area contributed by atoms with E-state index in [0.717, 1.165) is 51.1 Å². The molecule has 1 fully saturated rings. The van der Waals surface area contributed by atoms with Gasteiger partial charge in [-0.25, -0.2) is 0 Å². The van der Waals surface area contributed by atoms with Crippen LogP contribution in [0.4, 0.5) is 0 Å². The molecule has 1 aliphatic heterocycles. The van der Waals surface area contributed by atoms with Crippen molar-refractivity contribution in [2.75, 3.05) is 32.7 Å². The lowest BCUT2D eigenvalue weighted by Gasteiger charge is -2.27. The Bertz CT molecular complexity index is 400. The molecule has 0 bridgehead atoms. The molecule has 1 aromatic carbocycles. The fraction of sp³-hybridized carbons (Fsp3) is 0.625. The number of hydrogen-bond acceptors (Lipinski definition) is 3. The van der Waals surface area contributed by atoms with E-state index in [4.69, 9.17) is 0 Å². The number of benzene rings is 1. The average Bonchev–Trinajstić information content (AvgIpc) is 2.39. The van der Waals surface area contributed by atoms with Crippen molar-refractivity contribution in [2.24, 2.45) is 0 Å². The first-order chi connectivity index (χ1) is 9.16. The van der Waals surface area contributed by atoms with E-state index in [9.17, 15) is 5.11 Å². The summed E-state index contributed by atoms with van der Waals surface area (Å²) in [5.41, 5.74) is 3.55. The van der Waals surface area contributed by atoms with E-state index in [1.54, 1.807) is 0 Å². The highest BCUT2D eigenvalue weighted by Gasteiger charge is 2.13. The van der Waals surface area contributed by atoms with Crippen molar-refractivity contribution in [1.29, 1.82) is 0 Å². The lowest BCUT2D eigenvalue weighted by Crippen LogP contribution is -2.43. The van der Waals surface area contributed by atoms with Gasteiger partial charge in [0.15, 0.2) is 0 Å². The monoisotopic (exact) mass is 262 g/mol. The van der Waals surface area contributed by atoms with Crippen LogP contribution < -0.4 is 5.32 Å². The third kappa shape index (κ3) is 4.30. The first-order valence-electron chi connectivity index (χ1n) is 7.35. The molecule has 2 N–H and O–H groups in total. The fourth-order valence-electron chi connectivity index (χ4n) is 2.80. The number of piperazine rings is 1. The van der Waals surface area contributed by atoms with Crippen molar-refractivity contribution in [1.82, 2.24) is 10.2 Å². The summed E-state index contributed by atoms with van der Waals surface area (Å²) in [6.07, 6.45) is 1.60. The van der Waals surface area contributed by atoms with Gasteiger partial charge in [-0.3, -0.25) is 0 Å². The Labute approximate surface area is 116 Å². The second-order valence-electron chi connectivity index (χ2n) is 5.61. The molecule has 3 nitrogen and oxygen atoms in total. The van der Waals surface area contributed by atoms with Gasteiger partial charge in [0, 0.05) is 26.2 Å². The molecule has 3 heteroatoms. The van der Waals surface area contributed by atoms with Crippen LogP contribution in [0.3, 0.4) is 0 Å². The zero-order chi connectivity index (χ0) is 13.7. The van der Waals surface area contributed by atoms with E-state index in [1.807, 2.05) is 0 Å². The molecular formula is C16H26N2O. The zero-order valence-electron chi connectivity index (χ0n) is 12.2. The lowest BCUT2D eigenvalue weighted by molar-refractivity contribution is 0.152. The van der Waals surface area contributed by atoms with Crippen LogP contribution in [0, 0.1) is 13.8 Å². The van der Waals surface area contributed by atoms with Crippen molar-refractivity contribution < 1.29 is 5.11 Å². The fourth-order valence-corrected chi connectivity index (χ4v) is 2.80. The van der Waals surface area contributed by atoms with Gasteiger partial charge in [-0.2, -0.15) is 0 Å². The normalized spacial score (nSPS) is 18.5. The number of hydrogen-bond donors (Lipinski definition) is 2. The molecule has 2 rings (SSSR count). The average molecular weight is 262 g/mol. The minimum atomic E-state index is -0.316. The van der Waals surface area contributed by atoms with E-state index in [1.165, 1.54) is 11.1 Å². The largest absolute Gasteiger partial charge is 0.388 e. The predicted molar refractivity (Wildman–Crippen MR) is 79.4 cm³/mol. The van der Waals surface area contributed by atoms with Crippen LogP contribution in [0.25, 0.3) is 0 Å². The number of rotatable bonds is 5. The van der Waals surface area contributed by atoms with E-state index < -0.39 is 0 Å². The Hall–Kier alpha value is -0.900. The molecule has 1 saturated heterocycles. The molecule has 19 heavy (non-hydrogen) atoms. The second-order valence-corrected chi connectivity index (χ2v) is 5.61. The molecule has 0 aromatic heterocycles. The van der Waals surface area contributed by atoms with Gasteiger partial charge in [-0.05, 0) is 44.4 Å². The molecule has 1 unspecified atom stereocenters. The summed E-state index contributed by atoms with van der Waals surface area (Å²) in [5, 5.41) is 13.7. The van der Waals surface area contributed by atoms with Gasteiger partial charge in [-0.15, -0.1) is 0 Å². The molecule has 106 valence electrons. The first kappa shape index (κ1) is 14.5. The molecule has 0 saturated carbocycles. The third-order valence-corrected chi connectivity index (χ3v) is 3.95. The summed E-state index contributed by atoms with van der Waals surface area (Å²) in [7, 11) is 0. The number of aryl methyl sites for hydroxylation is 2. The summed E-state index contributed by atoms with van der Waals surface area (Å²) in [6, 6.07) is 6.30. The maximum Gasteiger partial charge on any atom is 0.0793 e. The van der Waals surface area contributed by atoms with Crippen molar-refractivity contribution in [3.8, 4) is 0 Å². The Balaban J connectivity index is 1.78. The van der Waals surface area contributed by atoms with E-state index in [2.05, 4.69) is 42.3 Å². The summed E-state index contributed by atoms with van der Waals surface area (Å²) >= 11 is 0. The molecule has 1 heterocycles. The molecule has 1 atom stereocenters. The second kappa shape index (κ2) is 7.04. The summed E-state index contributed by atoms with van der Waals surface area (Å²) < 4.78 is 0. The molecule has 0 aliphatic carbocycles. The van der Waals surface area contributed by atoms with Gasteiger partial charge in [-0.1, -0.05) is 23.8 Å².